The molecule has 0 bridgehead atoms. The van der Waals surface area contributed by atoms with Crippen LogP contribution < -0.4 is 5.32 Å². The predicted molar refractivity (Wildman–Crippen MR) is 72.5 cm³/mol. The molecule has 1 aliphatic carbocycles. The van der Waals surface area contributed by atoms with Crippen LogP contribution in [-0.4, -0.2) is 16.6 Å². The third-order valence-electron chi connectivity index (χ3n) is 3.71. The molecule has 0 spiro atoms. The van der Waals surface area contributed by atoms with Crippen LogP contribution in [0.25, 0.3) is 0 Å². The first-order chi connectivity index (χ1) is 8.88. The lowest BCUT2D eigenvalue weighted by Gasteiger charge is -2.26. The summed E-state index contributed by atoms with van der Waals surface area (Å²) in [7, 11) is 1.95. The van der Waals surface area contributed by atoms with Crippen LogP contribution in [0.3, 0.4) is 0 Å². The number of fused-ring (bicyclic) bond motifs is 1. The summed E-state index contributed by atoms with van der Waals surface area (Å²) in [5.74, 6) is 0. The minimum Gasteiger partial charge on any atom is -0.330 e. The van der Waals surface area contributed by atoms with E-state index in [1.807, 2.05) is 13.4 Å². The molecule has 1 aromatic carbocycles. The second-order valence-corrected chi connectivity index (χ2v) is 4.95. The van der Waals surface area contributed by atoms with Crippen molar-refractivity contribution in [3.05, 3.63) is 53.6 Å². The molecule has 1 aromatic heterocycles. The molecule has 0 amide bonds. The summed E-state index contributed by atoms with van der Waals surface area (Å²) >= 11 is 0. The van der Waals surface area contributed by atoms with Crippen molar-refractivity contribution in [1.82, 2.24) is 14.9 Å². The molecule has 3 heteroatoms. The zero-order chi connectivity index (χ0) is 12.4. The van der Waals surface area contributed by atoms with E-state index in [-0.39, 0.29) is 0 Å². The number of benzene rings is 1. The van der Waals surface area contributed by atoms with Gasteiger partial charge in [0.25, 0.3) is 0 Å². The van der Waals surface area contributed by atoms with Crippen molar-refractivity contribution in [1.29, 1.82) is 0 Å². The van der Waals surface area contributed by atoms with Crippen LogP contribution in [0.5, 0.6) is 0 Å². The Balaban J connectivity index is 1.92. The minimum absolute atomic E-state index is 0.466. The Morgan fingerprint density at radius 2 is 2.28 bits per heavy atom. The summed E-state index contributed by atoms with van der Waals surface area (Å²) in [6.07, 6.45) is 7.83. The lowest BCUT2D eigenvalue weighted by atomic mass is 9.87. The second kappa shape index (κ2) is 4.94. The Bertz CT molecular complexity index is 530. The van der Waals surface area contributed by atoms with Gasteiger partial charge in [-0.05, 0) is 37.4 Å². The van der Waals surface area contributed by atoms with Gasteiger partial charge in [-0.15, -0.1) is 0 Å². The topological polar surface area (TPSA) is 29.9 Å². The highest BCUT2D eigenvalue weighted by molar-refractivity contribution is 5.32. The Hall–Kier alpha value is -1.61. The van der Waals surface area contributed by atoms with Crippen LogP contribution in [0.4, 0.5) is 0 Å². The van der Waals surface area contributed by atoms with Crippen molar-refractivity contribution >= 4 is 0 Å². The third-order valence-corrected chi connectivity index (χ3v) is 3.71. The molecular formula is C15H19N3. The molecule has 1 unspecified atom stereocenters. The highest BCUT2D eigenvalue weighted by Crippen LogP contribution is 2.32. The van der Waals surface area contributed by atoms with Crippen LogP contribution >= 0.6 is 0 Å². The van der Waals surface area contributed by atoms with Crippen LogP contribution in [0.1, 0.15) is 35.7 Å². The number of nitrogens with one attached hydrogen (secondary N) is 1. The van der Waals surface area contributed by atoms with Crippen molar-refractivity contribution in [3.63, 3.8) is 0 Å². The summed E-state index contributed by atoms with van der Waals surface area (Å²) in [6, 6.07) is 9.27. The number of hydrogen-bond donors (Lipinski definition) is 1. The first kappa shape index (κ1) is 11.5. The van der Waals surface area contributed by atoms with E-state index in [1.54, 1.807) is 0 Å². The molecule has 0 radical (unpaired) electrons. The fourth-order valence-electron chi connectivity index (χ4n) is 2.86. The SMILES string of the molecule is CNCc1cn(C2CCCc3ccccc32)cn1. The van der Waals surface area contributed by atoms with Gasteiger partial charge in [0.1, 0.15) is 0 Å². The molecule has 2 aromatic rings. The van der Waals surface area contributed by atoms with E-state index in [0.717, 1.165) is 12.2 Å². The Labute approximate surface area is 108 Å². The maximum Gasteiger partial charge on any atom is 0.0955 e. The van der Waals surface area contributed by atoms with Crippen molar-refractivity contribution in [2.75, 3.05) is 7.05 Å². The molecule has 0 aliphatic heterocycles. The average Bonchev–Trinajstić information content (AvgIpc) is 2.87. The fraction of sp³-hybridized carbons (Fsp3) is 0.400. The molecular weight excluding hydrogens is 222 g/mol. The van der Waals surface area contributed by atoms with Crippen molar-refractivity contribution in [3.8, 4) is 0 Å². The number of nitrogens with zero attached hydrogens (tertiary/aromatic N) is 2. The summed E-state index contributed by atoms with van der Waals surface area (Å²) in [6.45, 7) is 0.835. The largest absolute Gasteiger partial charge is 0.330 e. The zero-order valence-electron chi connectivity index (χ0n) is 10.8. The molecule has 1 N–H and O–H groups in total. The molecule has 3 rings (SSSR count). The quantitative estimate of drug-likeness (QED) is 0.895. The highest BCUT2D eigenvalue weighted by atomic mass is 15.1. The Morgan fingerprint density at radius 1 is 1.39 bits per heavy atom. The average molecular weight is 241 g/mol. The van der Waals surface area contributed by atoms with E-state index in [9.17, 15) is 0 Å². The van der Waals surface area contributed by atoms with Gasteiger partial charge >= 0.3 is 0 Å². The van der Waals surface area contributed by atoms with Crippen molar-refractivity contribution in [2.45, 2.75) is 31.8 Å². The molecule has 0 saturated carbocycles. The van der Waals surface area contributed by atoms with E-state index < -0.39 is 0 Å². The number of aryl methyl sites for hydroxylation is 1. The first-order valence-corrected chi connectivity index (χ1v) is 6.63. The van der Waals surface area contributed by atoms with Crippen LogP contribution in [0.15, 0.2) is 36.8 Å². The van der Waals surface area contributed by atoms with Gasteiger partial charge in [0.15, 0.2) is 0 Å². The van der Waals surface area contributed by atoms with Crippen LogP contribution in [0.2, 0.25) is 0 Å². The van der Waals surface area contributed by atoms with Gasteiger partial charge in [-0.3, -0.25) is 0 Å². The lowest BCUT2D eigenvalue weighted by Crippen LogP contribution is -2.16. The summed E-state index contributed by atoms with van der Waals surface area (Å²) in [5, 5.41) is 3.14. The van der Waals surface area contributed by atoms with E-state index in [0.29, 0.717) is 6.04 Å². The highest BCUT2D eigenvalue weighted by Gasteiger charge is 2.21. The van der Waals surface area contributed by atoms with E-state index >= 15 is 0 Å². The molecule has 0 saturated heterocycles. The Morgan fingerprint density at radius 3 is 3.17 bits per heavy atom. The monoisotopic (exact) mass is 241 g/mol. The third kappa shape index (κ3) is 2.06. The van der Waals surface area contributed by atoms with Gasteiger partial charge in [-0.25, -0.2) is 4.98 Å². The summed E-state index contributed by atoms with van der Waals surface area (Å²) < 4.78 is 2.27. The molecule has 3 nitrogen and oxygen atoms in total. The molecule has 1 atom stereocenters. The van der Waals surface area contributed by atoms with Gasteiger partial charge < -0.3 is 9.88 Å². The normalized spacial score (nSPS) is 18.6. The summed E-state index contributed by atoms with van der Waals surface area (Å²) in [5.41, 5.74) is 4.08. The summed E-state index contributed by atoms with van der Waals surface area (Å²) in [4.78, 5) is 4.45. The second-order valence-electron chi connectivity index (χ2n) is 4.95. The number of aromatic nitrogens is 2. The van der Waals surface area contributed by atoms with Crippen LogP contribution in [0, 0.1) is 0 Å². The minimum atomic E-state index is 0.466. The maximum absolute atomic E-state index is 4.45. The van der Waals surface area contributed by atoms with Crippen LogP contribution in [-0.2, 0) is 13.0 Å². The zero-order valence-corrected chi connectivity index (χ0v) is 10.8. The van der Waals surface area contributed by atoms with Gasteiger partial charge in [0, 0.05) is 12.7 Å². The molecule has 1 heterocycles. The van der Waals surface area contributed by atoms with E-state index in [1.165, 1.54) is 30.4 Å². The fourth-order valence-corrected chi connectivity index (χ4v) is 2.86. The molecule has 94 valence electrons. The van der Waals surface area contributed by atoms with Gasteiger partial charge in [0.05, 0.1) is 18.1 Å². The number of imidazole rings is 1. The van der Waals surface area contributed by atoms with Gasteiger partial charge in [-0.1, -0.05) is 24.3 Å². The van der Waals surface area contributed by atoms with Crippen molar-refractivity contribution in [2.24, 2.45) is 0 Å². The first-order valence-electron chi connectivity index (χ1n) is 6.63. The predicted octanol–water partition coefficient (Wildman–Crippen LogP) is 2.53. The van der Waals surface area contributed by atoms with E-state index in [4.69, 9.17) is 0 Å². The number of rotatable bonds is 3. The standard InChI is InChI=1S/C15H19N3/c1-16-9-13-10-18(11-17-13)15-8-4-6-12-5-2-3-7-14(12)15/h2-3,5,7,10-11,15-16H,4,6,8-9H2,1H3. The van der Waals surface area contributed by atoms with Crippen molar-refractivity contribution < 1.29 is 0 Å². The smallest absolute Gasteiger partial charge is 0.0955 e. The lowest BCUT2D eigenvalue weighted by molar-refractivity contribution is 0.489. The maximum atomic E-state index is 4.45. The van der Waals surface area contributed by atoms with Gasteiger partial charge in [0.2, 0.25) is 0 Å². The Kier molecular flexibility index (Phi) is 3.15. The molecule has 18 heavy (non-hydrogen) atoms. The van der Waals surface area contributed by atoms with E-state index in [2.05, 4.69) is 45.3 Å². The molecule has 0 fully saturated rings. The molecule has 1 aliphatic rings. The number of hydrogen-bond acceptors (Lipinski definition) is 2. The van der Waals surface area contributed by atoms with Gasteiger partial charge in [-0.2, -0.15) is 0 Å².